The topological polar surface area (TPSA) is 58.4 Å². The number of carbonyl (C=O) groups excluding carboxylic acids is 1. The van der Waals surface area contributed by atoms with Crippen LogP contribution in [0.15, 0.2) is 65.1 Å². The Morgan fingerprint density at radius 1 is 1.11 bits per heavy atom. The number of nitrogens with one attached hydrogen (secondary N) is 1. The van der Waals surface area contributed by atoms with E-state index in [0.717, 1.165) is 24.2 Å². The largest absolute Gasteiger partial charge is 0.437 e. The normalized spacial score (nSPS) is 16.1. The molecule has 1 aliphatic rings. The number of hydrogen-bond acceptors (Lipinski definition) is 4. The minimum Gasteiger partial charge on any atom is -0.437 e. The van der Waals surface area contributed by atoms with Crippen LogP contribution in [-0.2, 0) is 4.79 Å². The minimum atomic E-state index is -0.141. The lowest BCUT2D eigenvalue weighted by Gasteiger charge is -2.28. The summed E-state index contributed by atoms with van der Waals surface area (Å²) < 4.78 is 5.61. The van der Waals surface area contributed by atoms with E-state index in [2.05, 4.69) is 27.3 Å². The Morgan fingerprint density at radius 2 is 1.85 bits per heavy atom. The summed E-state index contributed by atoms with van der Waals surface area (Å²) in [6.07, 6.45) is 5.53. The molecular formula is C22H23N3O2. The summed E-state index contributed by atoms with van der Waals surface area (Å²) in [6.45, 7) is 2.74. The molecule has 1 amide bonds. The Labute approximate surface area is 158 Å². The maximum atomic E-state index is 12.3. The van der Waals surface area contributed by atoms with Crippen molar-refractivity contribution in [1.29, 1.82) is 0 Å². The van der Waals surface area contributed by atoms with Crippen molar-refractivity contribution in [3.05, 3.63) is 72.1 Å². The van der Waals surface area contributed by atoms with Gasteiger partial charge in [-0.3, -0.25) is 9.69 Å². The number of para-hydroxylation sites is 2. The lowest BCUT2D eigenvalue weighted by molar-refractivity contribution is -0.116. The van der Waals surface area contributed by atoms with Crippen molar-refractivity contribution in [2.24, 2.45) is 0 Å². The lowest BCUT2D eigenvalue weighted by atomic mass is 10.1. The molecule has 1 N–H and O–H groups in total. The molecule has 2 heterocycles. The van der Waals surface area contributed by atoms with Crippen LogP contribution in [0.5, 0.6) is 0 Å². The molecule has 1 atom stereocenters. The summed E-state index contributed by atoms with van der Waals surface area (Å²) in [5.41, 5.74) is 2.74. The Morgan fingerprint density at radius 3 is 2.63 bits per heavy atom. The smallest absolute Gasteiger partial charge is 0.244 e. The molecular weight excluding hydrogens is 338 g/mol. The predicted octanol–water partition coefficient (Wildman–Crippen LogP) is 3.79. The van der Waals surface area contributed by atoms with Crippen LogP contribution in [0, 0.1) is 0 Å². The fourth-order valence-corrected chi connectivity index (χ4v) is 3.55. The summed E-state index contributed by atoms with van der Waals surface area (Å²) in [5.74, 6) is 0.294. The Bertz CT molecular complexity index is 894. The average molecular weight is 361 g/mol. The Balaban J connectivity index is 1.40. The minimum absolute atomic E-state index is 0.141. The summed E-state index contributed by atoms with van der Waals surface area (Å²) in [5, 5.41) is 3.03. The van der Waals surface area contributed by atoms with Crippen molar-refractivity contribution >= 4 is 23.1 Å². The number of nitrogens with zero attached hydrogens (tertiary/aromatic N) is 2. The molecule has 1 aliphatic heterocycles. The van der Waals surface area contributed by atoms with Crippen molar-refractivity contribution in [1.82, 2.24) is 15.2 Å². The summed E-state index contributed by atoms with van der Waals surface area (Å²) >= 11 is 0. The van der Waals surface area contributed by atoms with Crippen LogP contribution in [0.2, 0.25) is 0 Å². The molecule has 4 rings (SSSR count). The molecule has 5 nitrogen and oxygen atoms in total. The number of fused-ring (bicyclic) bond motifs is 1. The number of hydrogen-bond donors (Lipinski definition) is 1. The van der Waals surface area contributed by atoms with Gasteiger partial charge in [0.2, 0.25) is 11.8 Å². The second-order valence-electron chi connectivity index (χ2n) is 6.77. The number of aromatic nitrogens is 1. The van der Waals surface area contributed by atoms with E-state index in [1.54, 1.807) is 6.08 Å². The second kappa shape index (κ2) is 8.18. The van der Waals surface area contributed by atoms with Crippen molar-refractivity contribution < 1.29 is 9.21 Å². The number of rotatable bonds is 6. The van der Waals surface area contributed by atoms with Crippen LogP contribution in [0.3, 0.4) is 0 Å². The van der Waals surface area contributed by atoms with Crippen LogP contribution in [0.4, 0.5) is 0 Å². The molecule has 5 heteroatoms. The van der Waals surface area contributed by atoms with Gasteiger partial charge in [0.25, 0.3) is 0 Å². The Kier molecular flexibility index (Phi) is 5.30. The molecule has 1 aromatic heterocycles. The third-order valence-electron chi connectivity index (χ3n) is 4.92. The molecule has 138 valence electrons. The van der Waals surface area contributed by atoms with Crippen LogP contribution < -0.4 is 5.32 Å². The number of amides is 1. The molecule has 27 heavy (non-hydrogen) atoms. The van der Waals surface area contributed by atoms with Crippen molar-refractivity contribution in [2.75, 3.05) is 19.6 Å². The highest BCUT2D eigenvalue weighted by molar-refractivity contribution is 5.91. The van der Waals surface area contributed by atoms with Crippen molar-refractivity contribution in [2.45, 2.75) is 18.9 Å². The van der Waals surface area contributed by atoms with E-state index in [-0.39, 0.29) is 11.9 Å². The molecule has 0 saturated carbocycles. The molecule has 1 saturated heterocycles. The first-order valence-electron chi connectivity index (χ1n) is 9.40. The van der Waals surface area contributed by atoms with E-state index in [1.807, 2.05) is 42.5 Å². The first-order valence-corrected chi connectivity index (χ1v) is 9.40. The maximum absolute atomic E-state index is 12.3. The standard InChI is InChI=1S/C22H23N3O2/c26-21(12-13-22-24-18-10-4-5-11-20(18)27-22)23-16-19(25-14-6-7-15-25)17-8-2-1-3-9-17/h1-5,8-13,19H,6-7,14-16H2,(H,23,26)/b13-12+. The maximum Gasteiger partial charge on any atom is 0.244 e. The van der Waals surface area contributed by atoms with Gasteiger partial charge in [-0.1, -0.05) is 42.5 Å². The summed E-state index contributed by atoms with van der Waals surface area (Å²) in [6, 6.07) is 18.1. The first-order chi connectivity index (χ1) is 13.3. The van der Waals surface area contributed by atoms with Crippen molar-refractivity contribution in [3.8, 4) is 0 Å². The Hall–Kier alpha value is -2.92. The van der Waals surface area contributed by atoms with E-state index >= 15 is 0 Å². The van der Waals surface area contributed by atoms with Crippen LogP contribution in [0.1, 0.15) is 30.3 Å². The molecule has 0 radical (unpaired) electrons. The molecule has 3 aromatic rings. The lowest BCUT2D eigenvalue weighted by Crippen LogP contribution is -2.36. The quantitative estimate of drug-likeness (QED) is 0.679. The highest BCUT2D eigenvalue weighted by Gasteiger charge is 2.23. The van der Waals surface area contributed by atoms with Gasteiger partial charge in [0.15, 0.2) is 5.58 Å². The average Bonchev–Trinajstić information content (AvgIpc) is 3.37. The highest BCUT2D eigenvalue weighted by atomic mass is 16.3. The summed E-state index contributed by atoms with van der Waals surface area (Å²) in [4.78, 5) is 19.1. The van der Waals surface area contributed by atoms with Gasteiger partial charge < -0.3 is 9.73 Å². The number of likely N-dealkylation sites (tertiary alicyclic amines) is 1. The van der Waals surface area contributed by atoms with Gasteiger partial charge in [0.1, 0.15) is 5.52 Å². The zero-order chi connectivity index (χ0) is 18.5. The van der Waals surface area contributed by atoms with E-state index in [1.165, 1.54) is 24.5 Å². The van der Waals surface area contributed by atoms with Gasteiger partial charge in [-0.15, -0.1) is 0 Å². The zero-order valence-electron chi connectivity index (χ0n) is 15.2. The first kappa shape index (κ1) is 17.5. The zero-order valence-corrected chi connectivity index (χ0v) is 15.2. The van der Waals surface area contributed by atoms with Gasteiger partial charge in [0.05, 0.1) is 6.04 Å². The second-order valence-corrected chi connectivity index (χ2v) is 6.77. The van der Waals surface area contributed by atoms with E-state index < -0.39 is 0 Å². The van der Waals surface area contributed by atoms with Crippen LogP contribution >= 0.6 is 0 Å². The van der Waals surface area contributed by atoms with Gasteiger partial charge in [-0.05, 0) is 43.6 Å². The SMILES string of the molecule is O=C(/C=C/c1nc2ccccc2o1)NCC(c1ccccc1)N1CCCC1. The summed E-state index contributed by atoms with van der Waals surface area (Å²) in [7, 11) is 0. The van der Waals surface area contributed by atoms with Gasteiger partial charge >= 0.3 is 0 Å². The van der Waals surface area contributed by atoms with Crippen molar-refractivity contribution in [3.63, 3.8) is 0 Å². The van der Waals surface area contributed by atoms with E-state index in [0.29, 0.717) is 12.4 Å². The van der Waals surface area contributed by atoms with Gasteiger partial charge in [0, 0.05) is 18.7 Å². The molecule has 1 unspecified atom stereocenters. The number of carbonyl (C=O) groups is 1. The molecule has 0 spiro atoms. The van der Waals surface area contributed by atoms with Crippen LogP contribution in [0.25, 0.3) is 17.2 Å². The monoisotopic (exact) mass is 361 g/mol. The van der Waals surface area contributed by atoms with Gasteiger partial charge in [-0.2, -0.15) is 0 Å². The van der Waals surface area contributed by atoms with Crippen LogP contribution in [-0.4, -0.2) is 35.4 Å². The fourth-order valence-electron chi connectivity index (χ4n) is 3.55. The predicted molar refractivity (Wildman–Crippen MR) is 106 cm³/mol. The highest BCUT2D eigenvalue weighted by Crippen LogP contribution is 2.24. The number of oxazole rings is 1. The third-order valence-corrected chi connectivity index (χ3v) is 4.92. The van der Waals surface area contributed by atoms with E-state index in [9.17, 15) is 4.79 Å². The molecule has 0 bridgehead atoms. The van der Waals surface area contributed by atoms with Gasteiger partial charge in [-0.25, -0.2) is 4.98 Å². The third kappa shape index (κ3) is 4.26. The molecule has 2 aromatic carbocycles. The number of benzene rings is 2. The molecule has 0 aliphatic carbocycles. The van der Waals surface area contributed by atoms with E-state index in [4.69, 9.17) is 4.42 Å². The molecule has 1 fully saturated rings. The fraction of sp³-hybridized carbons (Fsp3) is 0.273.